The second-order valence-electron chi connectivity index (χ2n) is 3.78. The first-order chi connectivity index (χ1) is 8.72. The Morgan fingerprint density at radius 2 is 2.22 bits per heavy atom. The van der Waals surface area contributed by atoms with Crippen LogP contribution in [0.5, 0.6) is 11.5 Å². The van der Waals surface area contributed by atoms with Crippen molar-refractivity contribution >= 4 is 11.6 Å². The Balaban J connectivity index is 2.11. The number of methoxy groups -OCH3 is 1. The van der Waals surface area contributed by atoms with Gasteiger partial charge in [0, 0.05) is 18.7 Å². The first-order valence-corrected chi connectivity index (χ1v) is 5.97. The molecular formula is C12H14ClN3O2. The largest absolute Gasteiger partial charge is 0.497 e. The van der Waals surface area contributed by atoms with Crippen LogP contribution in [-0.4, -0.2) is 22.1 Å². The fourth-order valence-electron chi connectivity index (χ4n) is 1.52. The quantitative estimate of drug-likeness (QED) is 0.779. The number of rotatable bonds is 5. The average molecular weight is 268 g/mol. The summed E-state index contributed by atoms with van der Waals surface area (Å²) in [7, 11) is 3.42. The SMILES string of the molecule is COc1ccc(CCl)c(OCc2cn(C)nn2)c1. The van der Waals surface area contributed by atoms with Gasteiger partial charge < -0.3 is 9.47 Å². The van der Waals surface area contributed by atoms with E-state index in [0.29, 0.717) is 18.2 Å². The van der Waals surface area contributed by atoms with Gasteiger partial charge in [0.05, 0.1) is 19.2 Å². The van der Waals surface area contributed by atoms with Crippen LogP contribution in [0.25, 0.3) is 0 Å². The first-order valence-electron chi connectivity index (χ1n) is 5.44. The molecule has 1 aromatic heterocycles. The monoisotopic (exact) mass is 267 g/mol. The van der Waals surface area contributed by atoms with E-state index in [1.165, 1.54) is 0 Å². The van der Waals surface area contributed by atoms with Gasteiger partial charge >= 0.3 is 0 Å². The van der Waals surface area contributed by atoms with E-state index in [0.717, 1.165) is 17.0 Å². The van der Waals surface area contributed by atoms with Crippen LogP contribution in [0, 0.1) is 0 Å². The molecule has 1 heterocycles. The number of aryl methyl sites for hydroxylation is 1. The summed E-state index contributed by atoms with van der Waals surface area (Å²) in [6.45, 7) is 0.352. The fourth-order valence-corrected chi connectivity index (χ4v) is 1.74. The maximum atomic E-state index is 5.86. The number of benzene rings is 1. The van der Waals surface area contributed by atoms with Gasteiger partial charge in [0.25, 0.3) is 0 Å². The molecule has 18 heavy (non-hydrogen) atoms. The number of ether oxygens (including phenoxy) is 2. The number of aromatic nitrogens is 3. The minimum absolute atomic E-state index is 0.352. The summed E-state index contributed by atoms with van der Waals surface area (Å²) < 4.78 is 12.5. The van der Waals surface area contributed by atoms with Gasteiger partial charge in [0.15, 0.2) is 0 Å². The van der Waals surface area contributed by atoms with Crippen molar-refractivity contribution in [1.82, 2.24) is 15.0 Å². The lowest BCUT2D eigenvalue weighted by atomic mass is 10.2. The molecule has 2 rings (SSSR count). The van der Waals surface area contributed by atoms with Gasteiger partial charge in [-0.25, -0.2) is 0 Å². The zero-order valence-electron chi connectivity index (χ0n) is 10.3. The van der Waals surface area contributed by atoms with Crippen molar-refractivity contribution < 1.29 is 9.47 Å². The number of hydrogen-bond donors (Lipinski definition) is 0. The van der Waals surface area contributed by atoms with Crippen LogP contribution >= 0.6 is 11.6 Å². The highest BCUT2D eigenvalue weighted by molar-refractivity contribution is 6.17. The molecule has 0 aliphatic rings. The smallest absolute Gasteiger partial charge is 0.134 e. The molecule has 5 nitrogen and oxygen atoms in total. The highest BCUT2D eigenvalue weighted by Gasteiger charge is 2.06. The molecule has 0 aliphatic heterocycles. The van der Waals surface area contributed by atoms with Gasteiger partial charge in [-0.15, -0.1) is 16.7 Å². The Morgan fingerprint density at radius 3 is 2.83 bits per heavy atom. The van der Waals surface area contributed by atoms with E-state index >= 15 is 0 Å². The fraction of sp³-hybridized carbons (Fsp3) is 0.333. The molecule has 0 amide bonds. The average Bonchev–Trinajstić information content (AvgIpc) is 2.81. The van der Waals surface area contributed by atoms with Crippen molar-refractivity contribution in [3.8, 4) is 11.5 Å². The molecule has 96 valence electrons. The zero-order chi connectivity index (χ0) is 13.0. The lowest BCUT2D eigenvalue weighted by molar-refractivity contribution is 0.296. The van der Waals surface area contributed by atoms with Crippen molar-refractivity contribution in [3.05, 3.63) is 35.7 Å². The second kappa shape index (κ2) is 5.73. The van der Waals surface area contributed by atoms with Crippen molar-refractivity contribution in [1.29, 1.82) is 0 Å². The van der Waals surface area contributed by atoms with Gasteiger partial charge in [-0.05, 0) is 6.07 Å². The summed E-state index contributed by atoms with van der Waals surface area (Å²) >= 11 is 5.86. The Labute approximate surface area is 110 Å². The van der Waals surface area contributed by atoms with E-state index in [2.05, 4.69) is 10.3 Å². The standard InChI is InChI=1S/C12H14ClN3O2/c1-16-7-10(14-15-16)8-18-12-5-11(17-2)4-3-9(12)6-13/h3-5,7H,6,8H2,1-2H3. The summed E-state index contributed by atoms with van der Waals surface area (Å²) in [4.78, 5) is 0. The Kier molecular flexibility index (Phi) is 4.04. The molecule has 0 saturated heterocycles. The zero-order valence-corrected chi connectivity index (χ0v) is 11.0. The van der Waals surface area contributed by atoms with Gasteiger partial charge in [-0.1, -0.05) is 11.3 Å². The molecule has 0 N–H and O–H groups in total. The molecule has 0 fully saturated rings. The summed E-state index contributed by atoms with van der Waals surface area (Å²) in [5.74, 6) is 1.83. The van der Waals surface area contributed by atoms with Crippen LogP contribution in [0.1, 0.15) is 11.3 Å². The van der Waals surface area contributed by atoms with Crippen LogP contribution in [0.15, 0.2) is 24.4 Å². The third kappa shape index (κ3) is 2.92. The van der Waals surface area contributed by atoms with Gasteiger partial charge in [0.2, 0.25) is 0 Å². The third-order valence-corrected chi connectivity index (χ3v) is 2.73. The summed E-state index contributed by atoms with van der Waals surface area (Å²) in [6.07, 6.45) is 1.81. The van der Waals surface area contributed by atoms with Crippen molar-refractivity contribution in [3.63, 3.8) is 0 Å². The molecule has 2 aromatic rings. The molecule has 0 spiro atoms. The van der Waals surface area contributed by atoms with Crippen LogP contribution < -0.4 is 9.47 Å². The number of alkyl halides is 1. The van der Waals surface area contributed by atoms with E-state index in [4.69, 9.17) is 21.1 Å². The van der Waals surface area contributed by atoms with E-state index in [1.54, 1.807) is 18.0 Å². The third-order valence-electron chi connectivity index (χ3n) is 2.44. The molecule has 6 heteroatoms. The lowest BCUT2D eigenvalue weighted by Gasteiger charge is -2.10. The number of nitrogens with zero attached hydrogens (tertiary/aromatic N) is 3. The normalized spacial score (nSPS) is 10.4. The topological polar surface area (TPSA) is 49.2 Å². The molecule has 0 aliphatic carbocycles. The lowest BCUT2D eigenvalue weighted by Crippen LogP contribution is -1.99. The maximum absolute atomic E-state index is 5.86. The molecule has 0 bridgehead atoms. The number of halogens is 1. The van der Waals surface area contributed by atoms with Crippen LogP contribution in [0.2, 0.25) is 0 Å². The number of hydrogen-bond acceptors (Lipinski definition) is 4. The van der Waals surface area contributed by atoms with Crippen LogP contribution in [-0.2, 0) is 19.5 Å². The van der Waals surface area contributed by atoms with E-state index in [9.17, 15) is 0 Å². The van der Waals surface area contributed by atoms with Crippen molar-refractivity contribution in [2.75, 3.05) is 7.11 Å². The molecule has 0 saturated carbocycles. The summed E-state index contributed by atoms with van der Waals surface area (Å²) in [6, 6.07) is 5.55. The van der Waals surface area contributed by atoms with E-state index in [1.807, 2.05) is 25.2 Å². The molecule has 0 atom stereocenters. The minimum Gasteiger partial charge on any atom is -0.497 e. The van der Waals surface area contributed by atoms with Gasteiger partial charge in [-0.3, -0.25) is 4.68 Å². The highest BCUT2D eigenvalue weighted by Crippen LogP contribution is 2.26. The highest BCUT2D eigenvalue weighted by atomic mass is 35.5. The predicted octanol–water partition coefficient (Wildman–Crippen LogP) is 2.14. The van der Waals surface area contributed by atoms with Crippen molar-refractivity contribution in [2.24, 2.45) is 7.05 Å². The molecule has 0 unspecified atom stereocenters. The minimum atomic E-state index is 0.352. The first kappa shape index (κ1) is 12.7. The van der Waals surface area contributed by atoms with Crippen molar-refractivity contribution in [2.45, 2.75) is 12.5 Å². The molecular weight excluding hydrogens is 254 g/mol. The van der Waals surface area contributed by atoms with E-state index in [-0.39, 0.29) is 0 Å². The summed E-state index contributed by atoms with van der Waals surface area (Å²) in [5.41, 5.74) is 1.68. The van der Waals surface area contributed by atoms with E-state index < -0.39 is 0 Å². The van der Waals surface area contributed by atoms with Crippen LogP contribution in [0.3, 0.4) is 0 Å². The van der Waals surface area contributed by atoms with Gasteiger partial charge in [0.1, 0.15) is 23.8 Å². The Bertz CT molecular complexity index is 528. The Hall–Kier alpha value is -1.75. The summed E-state index contributed by atoms with van der Waals surface area (Å²) in [5, 5.41) is 7.79. The Morgan fingerprint density at radius 1 is 1.39 bits per heavy atom. The van der Waals surface area contributed by atoms with Gasteiger partial charge in [-0.2, -0.15) is 0 Å². The van der Waals surface area contributed by atoms with Crippen LogP contribution in [0.4, 0.5) is 0 Å². The second-order valence-corrected chi connectivity index (χ2v) is 4.05. The molecule has 1 aromatic carbocycles. The predicted molar refractivity (Wildman–Crippen MR) is 67.9 cm³/mol. The maximum Gasteiger partial charge on any atom is 0.134 e. The molecule has 0 radical (unpaired) electrons.